The summed E-state index contributed by atoms with van der Waals surface area (Å²) >= 11 is 0. The fourth-order valence-electron chi connectivity index (χ4n) is 6.51. The first kappa shape index (κ1) is 29.0. The van der Waals surface area contributed by atoms with Crippen molar-refractivity contribution in [3.05, 3.63) is 104 Å². The predicted molar refractivity (Wildman–Crippen MR) is 156 cm³/mol. The molecule has 14 heteroatoms. The number of carbonyl (C=O) groups is 1. The maximum absolute atomic E-state index is 13.9. The van der Waals surface area contributed by atoms with Crippen LogP contribution in [0, 0.1) is 32.1 Å². The number of nitro groups is 2. The Kier molecular flexibility index (Phi) is 7.82. The molecule has 2 bridgehead atoms. The van der Waals surface area contributed by atoms with E-state index in [2.05, 4.69) is 15.5 Å². The molecule has 1 saturated heterocycles. The van der Waals surface area contributed by atoms with E-state index in [0.29, 0.717) is 11.5 Å². The van der Waals surface area contributed by atoms with Crippen molar-refractivity contribution in [3.8, 4) is 11.5 Å². The summed E-state index contributed by atoms with van der Waals surface area (Å²) in [5.41, 5.74) is 3.21. The fraction of sp³-hybridized carbons (Fsp3) is 0.367. The third kappa shape index (κ3) is 5.51. The van der Waals surface area contributed by atoms with Crippen LogP contribution in [0.4, 0.5) is 11.4 Å². The van der Waals surface area contributed by atoms with Gasteiger partial charge in [0, 0.05) is 35.0 Å². The Hall–Kier alpha value is -5.11. The summed E-state index contributed by atoms with van der Waals surface area (Å²) in [6.07, 6.45) is 7.65. The number of rotatable bonds is 10. The van der Waals surface area contributed by atoms with Gasteiger partial charge in [-0.15, -0.1) is 0 Å². The number of hydrogen-bond donors (Lipinski definition) is 1. The van der Waals surface area contributed by atoms with E-state index in [1.165, 1.54) is 34.2 Å². The van der Waals surface area contributed by atoms with Gasteiger partial charge in [-0.3, -0.25) is 34.4 Å². The van der Waals surface area contributed by atoms with Gasteiger partial charge in [-0.1, -0.05) is 18.6 Å². The average Bonchev–Trinajstić information content (AvgIpc) is 3.68. The molecule has 0 unspecified atom stereocenters. The normalized spacial score (nSPS) is 21.2. The number of hydrogen-bond acceptors (Lipinski definition) is 10. The van der Waals surface area contributed by atoms with Gasteiger partial charge in [-0.05, 0) is 48.2 Å². The molecule has 0 amide bonds. The number of ether oxygens (including phenoxy) is 2. The summed E-state index contributed by atoms with van der Waals surface area (Å²) in [5.74, 6) is 1.07. The highest BCUT2D eigenvalue weighted by atomic mass is 16.6. The first-order valence-electron chi connectivity index (χ1n) is 14.2. The smallest absolute Gasteiger partial charge is 0.307 e. The van der Waals surface area contributed by atoms with Gasteiger partial charge in [0.15, 0.2) is 0 Å². The number of nitrogens with zero attached hydrogens (tertiary/aromatic N) is 6. The van der Waals surface area contributed by atoms with Gasteiger partial charge >= 0.3 is 11.4 Å². The summed E-state index contributed by atoms with van der Waals surface area (Å²) in [6, 6.07) is 11.0. The van der Waals surface area contributed by atoms with Gasteiger partial charge in [-0.2, -0.15) is 10.2 Å². The second-order valence-electron chi connectivity index (χ2n) is 11.1. The third-order valence-electron chi connectivity index (χ3n) is 8.58. The number of aromatic nitrogens is 4. The Labute approximate surface area is 251 Å². The van der Waals surface area contributed by atoms with Crippen molar-refractivity contribution >= 4 is 17.2 Å². The van der Waals surface area contributed by atoms with Crippen LogP contribution in [0.1, 0.15) is 53.6 Å². The zero-order valence-corrected chi connectivity index (χ0v) is 24.2. The van der Waals surface area contributed by atoms with Crippen molar-refractivity contribution in [1.82, 2.24) is 24.9 Å². The quantitative estimate of drug-likeness (QED) is 0.203. The van der Waals surface area contributed by atoms with Crippen LogP contribution in [0.5, 0.6) is 11.5 Å². The van der Waals surface area contributed by atoms with E-state index in [1.54, 1.807) is 14.2 Å². The highest BCUT2D eigenvalue weighted by Gasteiger charge is 2.46. The van der Waals surface area contributed by atoms with Crippen LogP contribution in [0.25, 0.3) is 0 Å². The molecule has 2 fully saturated rings. The van der Waals surface area contributed by atoms with Crippen molar-refractivity contribution in [2.45, 2.75) is 44.4 Å². The molecule has 3 heterocycles. The van der Waals surface area contributed by atoms with Gasteiger partial charge in [0.25, 0.3) is 0 Å². The molecular formula is C30H31N7O7. The molecule has 2 aromatic carbocycles. The van der Waals surface area contributed by atoms with E-state index in [-0.39, 0.29) is 54.2 Å². The second-order valence-corrected chi connectivity index (χ2v) is 11.1. The SMILES string of the molecule is COc1ccc([C@H]2N[C@H](c3ccc(OC)c(Cn4cc([N+](=O)[O-])cn4)c3)[C@H]3CCC[C@H]2C3=O)cc1Cn1cc([N+](=O)[O-])cn1. The second kappa shape index (κ2) is 11.9. The largest absolute Gasteiger partial charge is 0.496 e. The van der Waals surface area contributed by atoms with Crippen LogP contribution in [0.15, 0.2) is 61.2 Å². The number of carbonyl (C=O) groups excluding carboxylic acids is 1. The minimum absolute atomic E-state index is 0.0969. The van der Waals surface area contributed by atoms with Crippen LogP contribution in [0.3, 0.4) is 0 Å². The van der Waals surface area contributed by atoms with Crippen LogP contribution >= 0.6 is 0 Å². The Bertz CT molecular complexity index is 1610. The molecule has 4 atom stereocenters. The van der Waals surface area contributed by atoms with E-state index >= 15 is 0 Å². The Morgan fingerprint density at radius 2 is 1.27 bits per heavy atom. The van der Waals surface area contributed by atoms with Gasteiger partial charge < -0.3 is 14.8 Å². The monoisotopic (exact) mass is 601 g/mol. The molecule has 1 saturated carbocycles. The average molecular weight is 602 g/mol. The molecule has 1 N–H and O–H groups in total. The molecular weight excluding hydrogens is 570 g/mol. The Balaban J connectivity index is 1.32. The highest BCUT2D eigenvalue weighted by Crippen LogP contribution is 2.46. The zero-order valence-electron chi connectivity index (χ0n) is 24.2. The number of piperidine rings is 1. The van der Waals surface area contributed by atoms with Gasteiger partial charge in [0.2, 0.25) is 0 Å². The lowest BCUT2D eigenvalue weighted by molar-refractivity contribution is -0.385. The molecule has 4 aromatic rings. The van der Waals surface area contributed by atoms with Gasteiger partial charge in [0.05, 0.1) is 37.2 Å². The number of methoxy groups -OCH3 is 2. The first-order valence-corrected chi connectivity index (χ1v) is 14.2. The number of nitrogens with one attached hydrogen (secondary N) is 1. The van der Waals surface area contributed by atoms with Crippen LogP contribution in [-0.2, 0) is 17.9 Å². The zero-order chi connectivity index (χ0) is 31.0. The van der Waals surface area contributed by atoms with Crippen LogP contribution < -0.4 is 14.8 Å². The number of fused-ring (bicyclic) bond motifs is 2. The molecule has 2 aliphatic rings. The van der Waals surface area contributed by atoms with Crippen molar-refractivity contribution in [2.24, 2.45) is 11.8 Å². The number of ketones is 1. The van der Waals surface area contributed by atoms with Gasteiger partial charge in [-0.25, -0.2) is 0 Å². The maximum atomic E-state index is 13.9. The summed E-state index contributed by atoms with van der Waals surface area (Å²) in [6.45, 7) is 0.519. The van der Waals surface area contributed by atoms with E-state index < -0.39 is 9.85 Å². The van der Waals surface area contributed by atoms with E-state index in [9.17, 15) is 25.0 Å². The molecule has 44 heavy (non-hydrogen) atoms. The summed E-state index contributed by atoms with van der Waals surface area (Å²) < 4.78 is 14.2. The third-order valence-corrected chi connectivity index (χ3v) is 8.58. The number of benzene rings is 2. The lowest BCUT2D eigenvalue weighted by atomic mass is 9.67. The molecule has 2 aromatic heterocycles. The Morgan fingerprint density at radius 3 is 1.66 bits per heavy atom. The molecule has 14 nitrogen and oxygen atoms in total. The van der Waals surface area contributed by atoms with Gasteiger partial charge in [0.1, 0.15) is 42.1 Å². The van der Waals surface area contributed by atoms with Crippen molar-refractivity contribution < 1.29 is 24.1 Å². The predicted octanol–water partition coefficient (Wildman–Crippen LogP) is 4.38. The van der Waals surface area contributed by atoms with Crippen LogP contribution in [0.2, 0.25) is 0 Å². The standard InChI is InChI=1S/C30H31N7O7/c1-43-26-8-6-18(10-20(26)14-34-16-22(12-31-34)36(39)40)28-24-4-3-5-25(30(24)38)29(33-28)19-7-9-27(44-2)21(11-19)15-35-17-23(13-32-35)37(41)42/h6-13,16-17,24-25,28-29,33H,3-5,14-15H2,1-2H3/t24-,25-,28-,29-/m1/s1. The molecule has 1 aliphatic carbocycles. The Morgan fingerprint density at radius 1 is 0.818 bits per heavy atom. The molecule has 1 aliphatic heterocycles. The topological polar surface area (TPSA) is 169 Å². The minimum atomic E-state index is -0.488. The fourth-order valence-corrected chi connectivity index (χ4v) is 6.51. The molecule has 0 spiro atoms. The van der Waals surface area contributed by atoms with Crippen molar-refractivity contribution in [2.75, 3.05) is 14.2 Å². The first-order chi connectivity index (χ1) is 21.2. The van der Waals surface area contributed by atoms with E-state index in [1.807, 2.05) is 36.4 Å². The summed E-state index contributed by atoms with van der Waals surface area (Å²) in [7, 11) is 3.13. The maximum Gasteiger partial charge on any atom is 0.307 e. The molecule has 0 radical (unpaired) electrons. The van der Waals surface area contributed by atoms with E-state index in [4.69, 9.17) is 9.47 Å². The number of Topliss-reactive ketones (excluding diaryl/α,β-unsaturated/α-hetero) is 1. The molecule has 6 rings (SSSR count). The highest BCUT2D eigenvalue weighted by molar-refractivity contribution is 5.87. The summed E-state index contributed by atoms with van der Waals surface area (Å²) in [5, 5.41) is 34.4. The van der Waals surface area contributed by atoms with E-state index in [0.717, 1.165) is 41.5 Å². The lowest BCUT2D eigenvalue weighted by Gasteiger charge is -2.45. The van der Waals surface area contributed by atoms with Crippen molar-refractivity contribution in [3.63, 3.8) is 0 Å². The van der Waals surface area contributed by atoms with Crippen LogP contribution in [-0.4, -0.2) is 49.4 Å². The van der Waals surface area contributed by atoms with Crippen molar-refractivity contribution in [1.29, 1.82) is 0 Å². The minimum Gasteiger partial charge on any atom is -0.496 e. The molecule has 228 valence electrons. The lowest BCUT2D eigenvalue weighted by Crippen LogP contribution is -2.50. The summed E-state index contributed by atoms with van der Waals surface area (Å²) in [4.78, 5) is 35.2.